The van der Waals surface area contributed by atoms with Crippen LogP contribution < -0.4 is 8.92 Å². The van der Waals surface area contributed by atoms with Gasteiger partial charge in [0.2, 0.25) is 0 Å². The van der Waals surface area contributed by atoms with E-state index in [9.17, 15) is 17.2 Å². The molecule has 8 heteroatoms. The molecule has 0 fully saturated rings. The Morgan fingerprint density at radius 1 is 1.00 bits per heavy atom. The van der Waals surface area contributed by atoms with Gasteiger partial charge in [-0.25, -0.2) is 8.78 Å². The van der Waals surface area contributed by atoms with Gasteiger partial charge in [0.05, 0.1) is 12.1 Å². The fourth-order valence-electron chi connectivity index (χ4n) is 1.50. The van der Waals surface area contributed by atoms with Crippen LogP contribution in [0.25, 0.3) is 0 Å². The third kappa shape index (κ3) is 3.43. The Kier molecular flexibility index (Phi) is 4.34. The second-order valence-electron chi connectivity index (χ2n) is 3.91. The molecule has 2 aromatic rings. The van der Waals surface area contributed by atoms with Gasteiger partial charge < -0.3 is 8.92 Å². The lowest BCUT2D eigenvalue weighted by molar-refractivity contribution is 0.412. The maximum atomic E-state index is 13.1. The van der Waals surface area contributed by atoms with Gasteiger partial charge in [-0.2, -0.15) is 8.42 Å². The summed E-state index contributed by atoms with van der Waals surface area (Å²) < 4.78 is 59.7. The zero-order chi connectivity index (χ0) is 15.6. The van der Waals surface area contributed by atoms with Gasteiger partial charge in [-0.3, -0.25) is 0 Å². The van der Waals surface area contributed by atoms with Crippen molar-refractivity contribution in [2.75, 3.05) is 7.11 Å². The zero-order valence-electron chi connectivity index (χ0n) is 10.6. The monoisotopic (exact) mass is 334 g/mol. The first-order valence-corrected chi connectivity index (χ1v) is 7.35. The highest BCUT2D eigenvalue weighted by atomic mass is 35.5. The highest BCUT2D eigenvalue weighted by Crippen LogP contribution is 2.29. The molecular formula is C13H9ClF2O4S. The molecular weight excluding hydrogens is 326 g/mol. The molecule has 2 aromatic carbocycles. The third-order valence-corrected chi connectivity index (χ3v) is 4.23. The minimum atomic E-state index is -4.31. The van der Waals surface area contributed by atoms with Gasteiger partial charge in [0, 0.05) is 12.1 Å². The largest absolute Gasteiger partial charge is 0.497 e. The van der Waals surface area contributed by atoms with Crippen molar-refractivity contribution in [3.63, 3.8) is 0 Å². The van der Waals surface area contributed by atoms with E-state index in [4.69, 9.17) is 20.5 Å². The molecule has 0 saturated carbocycles. The van der Waals surface area contributed by atoms with E-state index in [0.29, 0.717) is 6.07 Å². The van der Waals surface area contributed by atoms with Crippen LogP contribution in [0, 0.1) is 11.6 Å². The van der Waals surface area contributed by atoms with Gasteiger partial charge in [-0.15, -0.1) is 0 Å². The number of ether oxygens (including phenoxy) is 1. The minimum absolute atomic E-state index is 0.0848. The van der Waals surface area contributed by atoms with Crippen molar-refractivity contribution in [1.29, 1.82) is 0 Å². The second kappa shape index (κ2) is 5.87. The van der Waals surface area contributed by atoms with Crippen molar-refractivity contribution < 1.29 is 26.1 Å². The van der Waals surface area contributed by atoms with E-state index in [1.807, 2.05) is 0 Å². The normalized spacial score (nSPS) is 11.2. The maximum Gasteiger partial charge on any atom is 0.340 e. The molecule has 0 heterocycles. The fraction of sp³-hybridized carbons (Fsp3) is 0.0769. The first kappa shape index (κ1) is 15.5. The highest BCUT2D eigenvalue weighted by molar-refractivity contribution is 7.87. The molecule has 112 valence electrons. The van der Waals surface area contributed by atoms with Gasteiger partial charge in [0.15, 0.2) is 11.6 Å². The Morgan fingerprint density at radius 3 is 2.29 bits per heavy atom. The molecule has 21 heavy (non-hydrogen) atoms. The molecule has 4 nitrogen and oxygen atoms in total. The van der Waals surface area contributed by atoms with E-state index in [0.717, 1.165) is 18.2 Å². The van der Waals surface area contributed by atoms with Gasteiger partial charge >= 0.3 is 10.1 Å². The lowest BCUT2D eigenvalue weighted by Crippen LogP contribution is -2.11. The predicted molar refractivity (Wildman–Crippen MR) is 72.2 cm³/mol. The molecule has 0 aromatic heterocycles. The Hall–Kier alpha value is -1.86. The van der Waals surface area contributed by atoms with Crippen molar-refractivity contribution in [3.05, 3.63) is 53.1 Å². The molecule has 0 radical (unpaired) electrons. The number of halogens is 3. The summed E-state index contributed by atoms with van der Waals surface area (Å²) in [5, 5.41) is -0.0848. The van der Waals surface area contributed by atoms with E-state index in [1.165, 1.54) is 19.2 Å². The average molecular weight is 335 g/mol. The van der Waals surface area contributed by atoms with Crippen LogP contribution in [0.1, 0.15) is 0 Å². The van der Waals surface area contributed by atoms with E-state index in [-0.39, 0.29) is 21.4 Å². The SMILES string of the molecule is COc1ccc(Cl)c(S(=O)(=O)Oc2ccc(F)c(F)c2)c1. The van der Waals surface area contributed by atoms with Crippen LogP contribution in [-0.4, -0.2) is 15.5 Å². The summed E-state index contributed by atoms with van der Waals surface area (Å²) in [5.74, 6) is -2.45. The van der Waals surface area contributed by atoms with Crippen LogP contribution in [0.4, 0.5) is 8.78 Å². The number of hydrogen-bond acceptors (Lipinski definition) is 4. The minimum Gasteiger partial charge on any atom is -0.497 e. The molecule has 0 saturated heterocycles. The summed E-state index contributed by atoms with van der Waals surface area (Å²) in [5.41, 5.74) is 0. The number of rotatable bonds is 4. The lowest BCUT2D eigenvalue weighted by atomic mass is 10.3. The van der Waals surface area contributed by atoms with E-state index < -0.39 is 21.8 Å². The number of benzene rings is 2. The number of hydrogen-bond donors (Lipinski definition) is 0. The summed E-state index contributed by atoms with van der Waals surface area (Å²) in [7, 11) is -2.95. The molecule has 0 spiro atoms. The highest BCUT2D eigenvalue weighted by Gasteiger charge is 2.22. The van der Waals surface area contributed by atoms with Crippen molar-refractivity contribution in [1.82, 2.24) is 0 Å². The topological polar surface area (TPSA) is 52.6 Å². The molecule has 0 N–H and O–H groups in total. The lowest BCUT2D eigenvalue weighted by Gasteiger charge is -2.10. The van der Waals surface area contributed by atoms with Gasteiger partial charge in [0.25, 0.3) is 0 Å². The molecule has 0 unspecified atom stereocenters. The molecule has 2 rings (SSSR count). The summed E-state index contributed by atoms with van der Waals surface area (Å²) in [6.45, 7) is 0. The summed E-state index contributed by atoms with van der Waals surface area (Å²) in [6, 6.07) is 6.33. The van der Waals surface area contributed by atoms with Crippen LogP contribution in [-0.2, 0) is 10.1 Å². The van der Waals surface area contributed by atoms with Crippen LogP contribution in [0.2, 0.25) is 5.02 Å². The van der Waals surface area contributed by atoms with Crippen LogP contribution in [0.15, 0.2) is 41.3 Å². The second-order valence-corrected chi connectivity index (χ2v) is 5.83. The van der Waals surface area contributed by atoms with Gasteiger partial charge in [0.1, 0.15) is 16.4 Å². The molecule has 0 aliphatic heterocycles. The Morgan fingerprint density at radius 2 is 1.67 bits per heavy atom. The first-order chi connectivity index (χ1) is 9.83. The van der Waals surface area contributed by atoms with Crippen molar-refractivity contribution in [3.8, 4) is 11.5 Å². The molecule has 0 aliphatic rings. The summed E-state index contributed by atoms with van der Waals surface area (Å²) in [4.78, 5) is -0.340. The summed E-state index contributed by atoms with van der Waals surface area (Å²) in [6.07, 6.45) is 0. The third-order valence-electron chi connectivity index (χ3n) is 2.50. The number of methoxy groups -OCH3 is 1. The van der Waals surface area contributed by atoms with Crippen molar-refractivity contribution >= 4 is 21.7 Å². The van der Waals surface area contributed by atoms with E-state index >= 15 is 0 Å². The molecule has 0 aliphatic carbocycles. The van der Waals surface area contributed by atoms with Crippen molar-refractivity contribution in [2.24, 2.45) is 0 Å². The van der Waals surface area contributed by atoms with Gasteiger partial charge in [-0.05, 0) is 24.3 Å². The molecule has 0 amide bonds. The molecule has 0 atom stereocenters. The standard InChI is InChI=1S/C13H9ClF2O4S/c1-19-8-2-4-10(14)13(7-8)21(17,18)20-9-3-5-11(15)12(16)6-9/h2-7H,1H3. The molecule has 0 bridgehead atoms. The summed E-state index contributed by atoms with van der Waals surface area (Å²) >= 11 is 5.81. The van der Waals surface area contributed by atoms with Crippen LogP contribution >= 0.6 is 11.6 Å². The zero-order valence-corrected chi connectivity index (χ0v) is 12.2. The maximum absolute atomic E-state index is 13.1. The predicted octanol–water partition coefficient (Wildman–Crippen LogP) is 3.39. The van der Waals surface area contributed by atoms with Crippen LogP contribution in [0.5, 0.6) is 11.5 Å². The Balaban J connectivity index is 2.40. The van der Waals surface area contributed by atoms with Gasteiger partial charge in [-0.1, -0.05) is 11.6 Å². The van der Waals surface area contributed by atoms with Crippen molar-refractivity contribution in [2.45, 2.75) is 4.90 Å². The first-order valence-electron chi connectivity index (χ1n) is 5.56. The fourth-order valence-corrected chi connectivity index (χ4v) is 2.92. The Bertz CT molecular complexity index is 778. The van der Waals surface area contributed by atoms with E-state index in [1.54, 1.807) is 0 Å². The average Bonchev–Trinajstić information content (AvgIpc) is 2.43. The smallest absolute Gasteiger partial charge is 0.340 e. The van der Waals surface area contributed by atoms with Crippen LogP contribution in [0.3, 0.4) is 0 Å². The van der Waals surface area contributed by atoms with E-state index in [2.05, 4.69) is 0 Å². The Labute approximate surface area is 125 Å². The quantitative estimate of drug-likeness (QED) is 0.804.